The standard InChI is InChI=1S/C16H26N2O3/c1-6-8-9-16(4,21-7-2)15(19)18-13-10-12(3)14(20-5)17-11-13/h10-11H,6-9H2,1-5H3,(H,18,19)/t16-/m1/s1. The number of unbranched alkanes of at least 4 members (excludes halogenated alkanes) is 1. The van der Waals surface area contributed by atoms with Crippen molar-refractivity contribution in [2.75, 3.05) is 19.0 Å². The number of nitrogens with zero attached hydrogens (tertiary/aromatic N) is 1. The number of carbonyl (C=O) groups is 1. The van der Waals surface area contributed by atoms with Crippen LogP contribution in [-0.2, 0) is 9.53 Å². The van der Waals surface area contributed by atoms with Gasteiger partial charge in [-0.3, -0.25) is 4.79 Å². The van der Waals surface area contributed by atoms with Crippen LogP contribution in [0.5, 0.6) is 5.88 Å². The van der Waals surface area contributed by atoms with Gasteiger partial charge in [-0.25, -0.2) is 4.98 Å². The van der Waals surface area contributed by atoms with E-state index in [4.69, 9.17) is 9.47 Å². The topological polar surface area (TPSA) is 60.5 Å². The van der Waals surface area contributed by atoms with E-state index in [0.29, 0.717) is 24.6 Å². The number of amides is 1. The smallest absolute Gasteiger partial charge is 0.256 e. The SMILES string of the molecule is CCCC[C@@](C)(OCC)C(=O)Nc1cnc(OC)c(C)c1. The van der Waals surface area contributed by atoms with E-state index >= 15 is 0 Å². The van der Waals surface area contributed by atoms with Crippen LogP contribution in [0.3, 0.4) is 0 Å². The molecule has 0 fully saturated rings. The van der Waals surface area contributed by atoms with Gasteiger partial charge in [-0.15, -0.1) is 0 Å². The average Bonchev–Trinajstić information content (AvgIpc) is 2.45. The van der Waals surface area contributed by atoms with E-state index in [9.17, 15) is 4.79 Å². The fourth-order valence-corrected chi connectivity index (χ4v) is 2.19. The Morgan fingerprint density at radius 2 is 2.14 bits per heavy atom. The molecule has 0 radical (unpaired) electrons. The number of rotatable bonds is 8. The second-order valence-electron chi connectivity index (χ2n) is 5.27. The Bertz CT molecular complexity index is 477. The van der Waals surface area contributed by atoms with Gasteiger partial charge in [-0.1, -0.05) is 19.8 Å². The zero-order valence-electron chi connectivity index (χ0n) is 13.7. The molecule has 0 aliphatic carbocycles. The van der Waals surface area contributed by atoms with Gasteiger partial charge in [0.25, 0.3) is 5.91 Å². The van der Waals surface area contributed by atoms with E-state index in [1.165, 1.54) is 0 Å². The molecule has 0 aromatic carbocycles. The molecule has 1 amide bonds. The van der Waals surface area contributed by atoms with Crippen LogP contribution in [0.4, 0.5) is 5.69 Å². The summed E-state index contributed by atoms with van der Waals surface area (Å²) in [5.41, 5.74) is 0.723. The average molecular weight is 294 g/mol. The Labute approximate surface area is 127 Å². The van der Waals surface area contributed by atoms with Crippen LogP contribution >= 0.6 is 0 Å². The summed E-state index contributed by atoms with van der Waals surface area (Å²) < 4.78 is 10.8. The van der Waals surface area contributed by atoms with E-state index in [2.05, 4.69) is 17.2 Å². The highest BCUT2D eigenvalue weighted by atomic mass is 16.5. The van der Waals surface area contributed by atoms with Crippen LogP contribution in [0.25, 0.3) is 0 Å². The zero-order valence-corrected chi connectivity index (χ0v) is 13.7. The molecule has 0 bridgehead atoms. The van der Waals surface area contributed by atoms with Crippen molar-refractivity contribution in [1.29, 1.82) is 0 Å². The van der Waals surface area contributed by atoms with Crippen molar-refractivity contribution < 1.29 is 14.3 Å². The van der Waals surface area contributed by atoms with Crippen LogP contribution < -0.4 is 10.1 Å². The Morgan fingerprint density at radius 1 is 1.43 bits per heavy atom. The third kappa shape index (κ3) is 4.70. The van der Waals surface area contributed by atoms with Gasteiger partial charge >= 0.3 is 0 Å². The van der Waals surface area contributed by atoms with Crippen molar-refractivity contribution >= 4 is 11.6 Å². The van der Waals surface area contributed by atoms with Gasteiger partial charge in [0.15, 0.2) is 0 Å². The monoisotopic (exact) mass is 294 g/mol. The van der Waals surface area contributed by atoms with Gasteiger partial charge in [0.2, 0.25) is 5.88 Å². The molecule has 5 nitrogen and oxygen atoms in total. The van der Waals surface area contributed by atoms with Crippen LogP contribution in [0.2, 0.25) is 0 Å². The fraction of sp³-hybridized carbons (Fsp3) is 0.625. The van der Waals surface area contributed by atoms with Crippen molar-refractivity contribution in [3.8, 4) is 5.88 Å². The summed E-state index contributed by atoms with van der Waals surface area (Å²) in [6.07, 6.45) is 4.27. The van der Waals surface area contributed by atoms with Crippen molar-refractivity contribution in [3.05, 3.63) is 17.8 Å². The lowest BCUT2D eigenvalue weighted by Crippen LogP contribution is -2.42. The molecule has 1 N–H and O–H groups in total. The molecule has 1 atom stereocenters. The molecule has 1 rings (SSSR count). The molecule has 1 heterocycles. The molecular weight excluding hydrogens is 268 g/mol. The third-order valence-electron chi connectivity index (χ3n) is 3.43. The van der Waals surface area contributed by atoms with Gasteiger partial charge < -0.3 is 14.8 Å². The summed E-state index contributed by atoms with van der Waals surface area (Å²) in [6, 6.07) is 1.84. The maximum atomic E-state index is 12.5. The first kappa shape index (κ1) is 17.4. The molecular formula is C16H26N2O3. The number of nitrogens with one attached hydrogen (secondary N) is 1. The predicted molar refractivity (Wildman–Crippen MR) is 83.7 cm³/mol. The predicted octanol–water partition coefficient (Wildman–Crippen LogP) is 3.32. The largest absolute Gasteiger partial charge is 0.481 e. The lowest BCUT2D eigenvalue weighted by molar-refractivity contribution is -0.139. The van der Waals surface area contributed by atoms with E-state index in [1.807, 2.05) is 26.8 Å². The number of aryl methyl sites for hydroxylation is 1. The molecule has 0 aliphatic rings. The summed E-state index contributed by atoms with van der Waals surface area (Å²) in [7, 11) is 1.57. The summed E-state index contributed by atoms with van der Waals surface area (Å²) in [4.78, 5) is 16.7. The molecule has 0 saturated carbocycles. The normalized spacial score (nSPS) is 13.6. The lowest BCUT2D eigenvalue weighted by Gasteiger charge is -2.28. The highest BCUT2D eigenvalue weighted by Gasteiger charge is 2.33. The molecule has 0 saturated heterocycles. The summed E-state index contributed by atoms with van der Waals surface area (Å²) >= 11 is 0. The van der Waals surface area contributed by atoms with E-state index in [0.717, 1.165) is 18.4 Å². The molecule has 21 heavy (non-hydrogen) atoms. The van der Waals surface area contributed by atoms with Gasteiger partial charge in [0.1, 0.15) is 5.60 Å². The molecule has 0 aliphatic heterocycles. The minimum absolute atomic E-state index is 0.135. The van der Waals surface area contributed by atoms with Gasteiger partial charge in [0.05, 0.1) is 19.0 Å². The van der Waals surface area contributed by atoms with Crippen LogP contribution in [0.1, 0.15) is 45.6 Å². The first-order valence-corrected chi connectivity index (χ1v) is 7.42. The number of ether oxygens (including phenoxy) is 2. The minimum Gasteiger partial charge on any atom is -0.481 e. The van der Waals surface area contributed by atoms with Crippen molar-refractivity contribution in [1.82, 2.24) is 4.98 Å². The zero-order chi connectivity index (χ0) is 15.9. The Morgan fingerprint density at radius 3 is 2.67 bits per heavy atom. The molecule has 0 spiro atoms. The van der Waals surface area contributed by atoms with Crippen LogP contribution in [-0.4, -0.2) is 30.2 Å². The number of anilines is 1. The highest BCUT2D eigenvalue weighted by molar-refractivity contribution is 5.97. The van der Waals surface area contributed by atoms with E-state index in [-0.39, 0.29) is 5.91 Å². The Balaban J connectivity index is 2.83. The summed E-state index contributed by atoms with van der Waals surface area (Å²) in [5.74, 6) is 0.427. The molecule has 118 valence electrons. The first-order valence-electron chi connectivity index (χ1n) is 7.42. The quantitative estimate of drug-likeness (QED) is 0.799. The third-order valence-corrected chi connectivity index (χ3v) is 3.43. The molecule has 0 unspecified atom stereocenters. The van der Waals surface area contributed by atoms with Gasteiger partial charge in [-0.2, -0.15) is 0 Å². The number of carbonyl (C=O) groups excluding carboxylic acids is 1. The number of aromatic nitrogens is 1. The van der Waals surface area contributed by atoms with Crippen molar-refractivity contribution in [2.24, 2.45) is 0 Å². The Hall–Kier alpha value is -1.62. The van der Waals surface area contributed by atoms with Crippen LogP contribution in [0, 0.1) is 6.92 Å². The lowest BCUT2D eigenvalue weighted by atomic mass is 9.97. The van der Waals surface area contributed by atoms with E-state index < -0.39 is 5.60 Å². The Kier molecular flexibility index (Phi) is 6.62. The van der Waals surface area contributed by atoms with Crippen molar-refractivity contribution in [2.45, 2.75) is 52.6 Å². The second kappa shape index (κ2) is 7.98. The molecule has 1 aromatic rings. The van der Waals surface area contributed by atoms with Crippen LogP contribution in [0.15, 0.2) is 12.3 Å². The maximum Gasteiger partial charge on any atom is 0.256 e. The van der Waals surface area contributed by atoms with Gasteiger partial charge in [-0.05, 0) is 33.3 Å². The molecule has 5 heteroatoms. The second-order valence-corrected chi connectivity index (χ2v) is 5.27. The van der Waals surface area contributed by atoms with Gasteiger partial charge in [0, 0.05) is 12.2 Å². The highest BCUT2D eigenvalue weighted by Crippen LogP contribution is 2.23. The van der Waals surface area contributed by atoms with Crippen molar-refractivity contribution in [3.63, 3.8) is 0 Å². The maximum absolute atomic E-state index is 12.5. The minimum atomic E-state index is -0.807. The molecule has 1 aromatic heterocycles. The number of pyridine rings is 1. The summed E-state index contributed by atoms with van der Waals surface area (Å²) in [5, 5.41) is 2.89. The number of hydrogen-bond acceptors (Lipinski definition) is 4. The first-order chi connectivity index (χ1) is 9.96. The van der Waals surface area contributed by atoms with E-state index in [1.54, 1.807) is 13.3 Å². The number of hydrogen-bond donors (Lipinski definition) is 1. The summed E-state index contributed by atoms with van der Waals surface area (Å²) in [6.45, 7) is 8.23. The fourth-order valence-electron chi connectivity index (χ4n) is 2.19. The number of methoxy groups -OCH3 is 1.